The van der Waals surface area contributed by atoms with Crippen molar-refractivity contribution < 1.29 is 27.1 Å². The van der Waals surface area contributed by atoms with Gasteiger partial charge < -0.3 is 19.6 Å². The second kappa shape index (κ2) is 6.60. The molecule has 0 saturated heterocycles. The summed E-state index contributed by atoms with van der Waals surface area (Å²) in [7, 11) is -1.36. The molecule has 1 amide bonds. The van der Waals surface area contributed by atoms with Crippen molar-refractivity contribution in [2.75, 3.05) is 18.9 Å². The quantitative estimate of drug-likeness (QED) is 0.681. The molecule has 0 aliphatic carbocycles. The Morgan fingerprint density at radius 2 is 1.85 bits per heavy atom. The summed E-state index contributed by atoms with van der Waals surface area (Å²) in [5.41, 5.74) is 5.63. The van der Waals surface area contributed by atoms with Crippen LogP contribution < -0.4 is 19.9 Å². The number of fused-ring (bicyclic) bond motifs is 1. The van der Waals surface area contributed by atoms with E-state index in [4.69, 9.17) is 19.6 Å². The molecule has 26 heavy (non-hydrogen) atoms. The van der Waals surface area contributed by atoms with Crippen LogP contribution in [0.15, 0.2) is 51.8 Å². The lowest BCUT2D eigenvalue weighted by atomic mass is 10.2. The first-order chi connectivity index (χ1) is 12.4. The van der Waals surface area contributed by atoms with Gasteiger partial charge in [-0.05, 0) is 24.3 Å². The van der Waals surface area contributed by atoms with Gasteiger partial charge in [-0.1, -0.05) is 12.1 Å². The van der Waals surface area contributed by atoms with Gasteiger partial charge in [0.05, 0.1) is 14.2 Å². The second-order valence-corrected chi connectivity index (χ2v) is 6.94. The van der Waals surface area contributed by atoms with Crippen molar-refractivity contribution in [2.24, 2.45) is 5.73 Å². The normalized spacial score (nSPS) is 11.3. The summed E-state index contributed by atoms with van der Waals surface area (Å²) in [6, 6.07) is 11.0. The van der Waals surface area contributed by atoms with Crippen LogP contribution in [0.25, 0.3) is 11.0 Å². The number of anilines is 1. The highest BCUT2D eigenvalue weighted by Gasteiger charge is 2.26. The third-order valence-electron chi connectivity index (χ3n) is 3.72. The molecular formula is C17H16N2O6S. The zero-order valence-electron chi connectivity index (χ0n) is 14.0. The minimum atomic E-state index is -4.13. The lowest BCUT2D eigenvalue weighted by molar-refractivity contribution is 0.0977. The van der Waals surface area contributed by atoms with Gasteiger partial charge in [0.1, 0.15) is 27.7 Å². The molecule has 0 aliphatic heterocycles. The Kier molecular flexibility index (Phi) is 4.47. The van der Waals surface area contributed by atoms with Gasteiger partial charge in [0.25, 0.3) is 15.9 Å². The number of para-hydroxylation sites is 1. The average molecular weight is 376 g/mol. The fourth-order valence-corrected chi connectivity index (χ4v) is 3.77. The third-order valence-corrected chi connectivity index (χ3v) is 5.09. The molecule has 9 heteroatoms. The zero-order chi connectivity index (χ0) is 18.9. The van der Waals surface area contributed by atoms with E-state index in [0.717, 1.165) is 0 Å². The first-order valence-corrected chi connectivity index (χ1v) is 8.92. The Balaban J connectivity index is 2.16. The van der Waals surface area contributed by atoms with Gasteiger partial charge in [-0.3, -0.25) is 9.52 Å². The predicted molar refractivity (Wildman–Crippen MR) is 95.1 cm³/mol. The number of benzene rings is 2. The summed E-state index contributed by atoms with van der Waals surface area (Å²) < 4.78 is 43.8. The highest BCUT2D eigenvalue weighted by Crippen LogP contribution is 2.35. The summed E-state index contributed by atoms with van der Waals surface area (Å²) in [6.07, 6.45) is 0. The van der Waals surface area contributed by atoms with Crippen LogP contribution in [0, 0.1) is 0 Å². The van der Waals surface area contributed by atoms with E-state index >= 15 is 0 Å². The molecule has 0 aliphatic rings. The summed E-state index contributed by atoms with van der Waals surface area (Å²) in [5, 5.41) is 0.409. The van der Waals surface area contributed by atoms with E-state index < -0.39 is 15.9 Å². The molecule has 0 saturated carbocycles. The largest absolute Gasteiger partial charge is 0.497 e. The summed E-state index contributed by atoms with van der Waals surface area (Å²) in [5.74, 6) is -0.724. The first kappa shape index (κ1) is 17.6. The van der Waals surface area contributed by atoms with Crippen molar-refractivity contribution in [1.82, 2.24) is 0 Å². The van der Waals surface area contributed by atoms with Crippen LogP contribution in [-0.4, -0.2) is 28.5 Å². The van der Waals surface area contributed by atoms with Crippen LogP contribution in [0.5, 0.6) is 11.5 Å². The lowest BCUT2D eigenvalue weighted by Gasteiger charge is -2.12. The van der Waals surface area contributed by atoms with Crippen LogP contribution in [0.3, 0.4) is 0 Å². The molecule has 0 atom stereocenters. The topological polar surface area (TPSA) is 121 Å². The van der Waals surface area contributed by atoms with Crippen LogP contribution in [0.2, 0.25) is 0 Å². The Bertz CT molecular complexity index is 1090. The molecular weight excluding hydrogens is 360 g/mol. The fourth-order valence-electron chi connectivity index (χ4n) is 2.50. The van der Waals surface area contributed by atoms with Gasteiger partial charge in [0.2, 0.25) is 5.76 Å². The molecule has 0 spiro atoms. The maximum absolute atomic E-state index is 12.9. The number of primary amides is 1. The van der Waals surface area contributed by atoms with Crippen LogP contribution in [-0.2, 0) is 10.0 Å². The molecule has 8 nitrogen and oxygen atoms in total. The molecule has 1 aromatic heterocycles. The molecule has 3 rings (SSSR count). The van der Waals surface area contributed by atoms with Crippen molar-refractivity contribution in [3.63, 3.8) is 0 Å². The molecule has 136 valence electrons. The van der Waals surface area contributed by atoms with Gasteiger partial charge in [0.15, 0.2) is 0 Å². The van der Waals surface area contributed by atoms with Gasteiger partial charge in [-0.15, -0.1) is 0 Å². The maximum atomic E-state index is 12.9. The number of carbonyl (C=O) groups is 1. The Morgan fingerprint density at radius 3 is 2.50 bits per heavy atom. The van der Waals surface area contributed by atoms with Gasteiger partial charge in [-0.25, -0.2) is 8.42 Å². The minimum Gasteiger partial charge on any atom is -0.497 e. The van der Waals surface area contributed by atoms with Crippen LogP contribution >= 0.6 is 0 Å². The summed E-state index contributed by atoms with van der Waals surface area (Å²) >= 11 is 0. The molecule has 0 fully saturated rings. The number of amides is 1. The number of methoxy groups -OCH3 is 2. The molecule has 0 bridgehead atoms. The van der Waals surface area contributed by atoms with Crippen molar-refractivity contribution in [3.05, 3.63) is 48.2 Å². The number of nitrogens with one attached hydrogen (secondary N) is 1. The Hall–Kier alpha value is -3.20. The number of rotatable bonds is 6. The Labute approximate surface area is 149 Å². The van der Waals surface area contributed by atoms with E-state index in [-0.39, 0.29) is 22.1 Å². The van der Waals surface area contributed by atoms with E-state index in [1.807, 2.05) is 0 Å². The molecule has 3 aromatic rings. The predicted octanol–water partition coefficient (Wildman–Crippen LogP) is 2.35. The third kappa shape index (κ3) is 3.04. The van der Waals surface area contributed by atoms with Crippen molar-refractivity contribution in [3.8, 4) is 11.5 Å². The molecule has 3 N–H and O–H groups in total. The molecule has 0 unspecified atom stereocenters. The van der Waals surface area contributed by atoms with Crippen LogP contribution in [0.4, 0.5) is 5.69 Å². The number of carbonyl (C=O) groups excluding carboxylic acids is 1. The van der Waals surface area contributed by atoms with Crippen LogP contribution in [0.1, 0.15) is 10.6 Å². The summed E-state index contributed by atoms with van der Waals surface area (Å²) in [6.45, 7) is 0. The van der Waals surface area contributed by atoms with Gasteiger partial charge in [0, 0.05) is 11.5 Å². The SMILES string of the molecule is COc1ccc(OC)c(S(=O)(=O)Nc2c(C(N)=O)oc3ccccc23)c1. The van der Waals surface area contributed by atoms with Crippen molar-refractivity contribution in [2.45, 2.75) is 4.90 Å². The second-order valence-electron chi connectivity index (χ2n) is 5.29. The molecule has 0 radical (unpaired) electrons. The van der Waals surface area contributed by atoms with E-state index in [0.29, 0.717) is 16.7 Å². The number of ether oxygens (including phenoxy) is 2. The maximum Gasteiger partial charge on any atom is 0.286 e. The standard InChI is InChI=1S/C17H16N2O6S/c1-23-10-7-8-13(24-2)14(9-10)26(21,22)19-15-11-5-3-4-6-12(11)25-16(15)17(18)20/h3-9,19H,1-2H3,(H2,18,20). The van der Waals surface area contributed by atoms with Crippen molar-refractivity contribution >= 4 is 32.6 Å². The van der Waals surface area contributed by atoms with Gasteiger partial charge in [-0.2, -0.15) is 0 Å². The average Bonchev–Trinajstić information content (AvgIpc) is 2.99. The number of nitrogens with two attached hydrogens (primary N) is 1. The number of sulfonamides is 1. The first-order valence-electron chi connectivity index (χ1n) is 7.43. The number of hydrogen-bond donors (Lipinski definition) is 2. The smallest absolute Gasteiger partial charge is 0.286 e. The monoisotopic (exact) mass is 376 g/mol. The zero-order valence-corrected chi connectivity index (χ0v) is 14.8. The fraction of sp³-hybridized carbons (Fsp3) is 0.118. The molecule has 1 heterocycles. The highest BCUT2D eigenvalue weighted by atomic mass is 32.2. The highest BCUT2D eigenvalue weighted by molar-refractivity contribution is 7.92. The van der Waals surface area contributed by atoms with E-state index in [1.165, 1.54) is 26.4 Å². The van der Waals surface area contributed by atoms with E-state index in [1.54, 1.807) is 30.3 Å². The minimum absolute atomic E-state index is 0.0297. The number of furan rings is 1. The summed E-state index contributed by atoms with van der Waals surface area (Å²) in [4.78, 5) is 11.5. The lowest BCUT2D eigenvalue weighted by Crippen LogP contribution is -2.18. The van der Waals surface area contributed by atoms with E-state index in [2.05, 4.69) is 4.72 Å². The molecule has 2 aromatic carbocycles. The van der Waals surface area contributed by atoms with Gasteiger partial charge >= 0.3 is 0 Å². The number of hydrogen-bond acceptors (Lipinski definition) is 6. The van der Waals surface area contributed by atoms with Crippen molar-refractivity contribution in [1.29, 1.82) is 0 Å². The Morgan fingerprint density at radius 1 is 1.12 bits per heavy atom. The van der Waals surface area contributed by atoms with E-state index in [9.17, 15) is 13.2 Å².